The molecule has 1 saturated heterocycles. The Morgan fingerprint density at radius 2 is 2.09 bits per heavy atom. The van der Waals surface area contributed by atoms with Gasteiger partial charge in [-0.1, -0.05) is 18.6 Å². The van der Waals surface area contributed by atoms with E-state index in [0.717, 1.165) is 19.5 Å². The van der Waals surface area contributed by atoms with E-state index in [1.54, 1.807) is 0 Å². The predicted molar refractivity (Wildman–Crippen MR) is 48.5 cm³/mol. The molecule has 2 heteroatoms. The molecule has 0 aromatic heterocycles. The molecule has 0 spiro atoms. The molecular weight excluding hydrogens is 136 g/mol. The first-order valence-electron chi connectivity index (χ1n) is 4.45. The molecule has 64 valence electrons. The van der Waals surface area contributed by atoms with Gasteiger partial charge < -0.3 is 10.6 Å². The summed E-state index contributed by atoms with van der Waals surface area (Å²) in [5.74, 6) is 0. The van der Waals surface area contributed by atoms with E-state index in [1.807, 2.05) is 0 Å². The number of hydrogen-bond acceptors (Lipinski definition) is 2. The summed E-state index contributed by atoms with van der Waals surface area (Å²) in [6.07, 6.45) is 5.14. The molecule has 11 heavy (non-hydrogen) atoms. The second-order valence-corrected chi connectivity index (χ2v) is 3.10. The van der Waals surface area contributed by atoms with Crippen LogP contribution in [0.3, 0.4) is 0 Å². The molecule has 0 unspecified atom stereocenters. The van der Waals surface area contributed by atoms with E-state index in [1.165, 1.54) is 12.0 Å². The van der Waals surface area contributed by atoms with Crippen LogP contribution in [0.25, 0.3) is 0 Å². The molecule has 0 bridgehead atoms. The molecule has 0 aromatic carbocycles. The highest BCUT2D eigenvalue weighted by atomic mass is 15.2. The SMILES string of the molecule is CC/C(C)=C/CC1NCCN1. The van der Waals surface area contributed by atoms with Crippen molar-refractivity contribution in [3.63, 3.8) is 0 Å². The number of hydrogen-bond donors (Lipinski definition) is 2. The van der Waals surface area contributed by atoms with Gasteiger partial charge in [0.25, 0.3) is 0 Å². The fraction of sp³-hybridized carbons (Fsp3) is 0.778. The summed E-state index contributed by atoms with van der Waals surface area (Å²) in [5, 5.41) is 6.76. The summed E-state index contributed by atoms with van der Waals surface area (Å²) < 4.78 is 0. The summed E-state index contributed by atoms with van der Waals surface area (Å²) in [5.41, 5.74) is 1.49. The van der Waals surface area contributed by atoms with Crippen molar-refractivity contribution in [3.8, 4) is 0 Å². The van der Waals surface area contributed by atoms with Crippen LogP contribution in [0.4, 0.5) is 0 Å². The van der Waals surface area contributed by atoms with Crippen molar-refractivity contribution >= 4 is 0 Å². The Labute approximate surface area is 69.1 Å². The van der Waals surface area contributed by atoms with E-state index in [-0.39, 0.29) is 0 Å². The molecule has 0 radical (unpaired) electrons. The minimum Gasteiger partial charge on any atom is -0.300 e. The fourth-order valence-corrected chi connectivity index (χ4v) is 1.20. The van der Waals surface area contributed by atoms with E-state index in [4.69, 9.17) is 0 Å². The first-order chi connectivity index (χ1) is 5.33. The van der Waals surface area contributed by atoms with Crippen molar-refractivity contribution in [2.24, 2.45) is 0 Å². The topological polar surface area (TPSA) is 24.1 Å². The summed E-state index contributed by atoms with van der Waals surface area (Å²) in [6, 6.07) is 0. The predicted octanol–water partition coefficient (Wildman–Crippen LogP) is 1.25. The van der Waals surface area contributed by atoms with E-state index >= 15 is 0 Å². The molecule has 0 aromatic rings. The molecule has 0 aliphatic carbocycles. The molecule has 0 saturated carbocycles. The van der Waals surface area contributed by atoms with Gasteiger partial charge in [-0.3, -0.25) is 0 Å². The van der Waals surface area contributed by atoms with Crippen LogP contribution in [0.15, 0.2) is 11.6 Å². The van der Waals surface area contributed by atoms with Crippen LogP contribution < -0.4 is 10.6 Å². The molecule has 0 atom stereocenters. The molecule has 2 nitrogen and oxygen atoms in total. The monoisotopic (exact) mass is 154 g/mol. The smallest absolute Gasteiger partial charge is 0.0608 e. The Bertz CT molecular complexity index is 134. The minimum absolute atomic E-state index is 0.525. The van der Waals surface area contributed by atoms with Gasteiger partial charge in [-0.2, -0.15) is 0 Å². The molecule has 1 fully saturated rings. The molecule has 1 aliphatic heterocycles. The Kier molecular flexibility index (Phi) is 3.60. The third kappa shape index (κ3) is 3.04. The lowest BCUT2D eigenvalue weighted by atomic mass is 10.2. The van der Waals surface area contributed by atoms with Crippen LogP contribution in [-0.4, -0.2) is 19.3 Å². The van der Waals surface area contributed by atoms with E-state index < -0.39 is 0 Å². The molecule has 1 rings (SSSR count). The molecule has 1 aliphatic rings. The van der Waals surface area contributed by atoms with Gasteiger partial charge in [0.2, 0.25) is 0 Å². The highest BCUT2D eigenvalue weighted by molar-refractivity contribution is 4.98. The Balaban J connectivity index is 2.19. The van der Waals surface area contributed by atoms with E-state index in [2.05, 4.69) is 30.6 Å². The summed E-state index contributed by atoms with van der Waals surface area (Å²) >= 11 is 0. The zero-order chi connectivity index (χ0) is 8.10. The van der Waals surface area contributed by atoms with E-state index in [9.17, 15) is 0 Å². The van der Waals surface area contributed by atoms with Gasteiger partial charge in [0.1, 0.15) is 0 Å². The maximum absolute atomic E-state index is 3.38. The van der Waals surface area contributed by atoms with Crippen LogP contribution in [0.2, 0.25) is 0 Å². The van der Waals surface area contributed by atoms with Crippen molar-refractivity contribution in [1.29, 1.82) is 0 Å². The third-order valence-electron chi connectivity index (χ3n) is 2.17. The van der Waals surface area contributed by atoms with Crippen molar-refractivity contribution in [3.05, 3.63) is 11.6 Å². The van der Waals surface area contributed by atoms with Crippen LogP contribution >= 0.6 is 0 Å². The van der Waals surface area contributed by atoms with Crippen LogP contribution in [0.1, 0.15) is 26.7 Å². The summed E-state index contributed by atoms with van der Waals surface area (Å²) in [4.78, 5) is 0. The molecular formula is C9H18N2. The maximum atomic E-state index is 3.38. The summed E-state index contributed by atoms with van der Waals surface area (Å²) in [7, 11) is 0. The highest BCUT2D eigenvalue weighted by Crippen LogP contribution is 2.02. The van der Waals surface area contributed by atoms with Crippen molar-refractivity contribution in [2.75, 3.05) is 13.1 Å². The first-order valence-corrected chi connectivity index (χ1v) is 4.45. The molecule has 2 N–H and O–H groups in total. The summed E-state index contributed by atoms with van der Waals surface area (Å²) in [6.45, 7) is 6.61. The standard InChI is InChI=1S/C9H18N2/c1-3-8(2)4-5-9-10-6-7-11-9/h4,9-11H,3,5-7H2,1-2H3/b8-4+. The van der Waals surface area contributed by atoms with Crippen molar-refractivity contribution < 1.29 is 0 Å². The number of allylic oxidation sites excluding steroid dienone is 1. The zero-order valence-corrected chi connectivity index (χ0v) is 7.48. The van der Waals surface area contributed by atoms with Crippen LogP contribution in [0, 0.1) is 0 Å². The van der Waals surface area contributed by atoms with Crippen LogP contribution in [-0.2, 0) is 0 Å². The van der Waals surface area contributed by atoms with Crippen molar-refractivity contribution in [2.45, 2.75) is 32.9 Å². The van der Waals surface area contributed by atoms with Crippen LogP contribution in [0.5, 0.6) is 0 Å². The lowest BCUT2D eigenvalue weighted by molar-refractivity contribution is 0.559. The lowest BCUT2D eigenvalue weighted by Gasteiger charge is -2.07. The van der Waals surface area contributed by atoms with Gasteiger partial charge in [0.15, 0.2) is 0 Å². The Morgan fingerprint density at radius 1 is 1.45 bits per heavy atom. The zero-order valence-electron chi connectivity index (χ0n) is 7.48. The molecule has 0 amide bonds. The number of nitrogens with one attached hydrogen (secondary N) is 2. The highest BCUT2D eigenvalue weighted by Gasteiger charge is 2.09. The normalized spacial score (nSPS) is 21.1. The van der Waals surface area contributed by atoms with Gasteiger partial charge in [-0.25, -0.2) is 0 Å². The van der Waals surface area contributed by atoms with Gasteiger partial charge in [-0.15, -0.1) is 0 Å². The second-order valence-electron chi connectivity index (χ2n) is 3.10. The third-order valence-corrected chi connectivity index (χ3v) is 2.17. The van der Waals surface area contributed by atoms with Gasteiger partial charge in [0, 0.05) is 13.1 Å². The Hall–Kier alpha value is -0.340. The quantitative estimate of drug-likeness (QED) is 0.598. The number of rotatable bonds is 3. The largest absolute Gasteiger partial charge is 0.300 e. The Morgan fingerprint density at radius 3 is 2.64 bits per heavy atom. The molecule has 1 heterocycles. The van der Waals surface area contributed by atoms with Crippen molar-refractivity contribution in [1.82, 2.24) is 10.6 Å². The lowest BCUT2D eigenvalue weighted by Crippen LogP contribution is -2.30. The maximum Gasteiger partial charge on any atom is 0.0608 e. The fourth-order valence-electron chi connectivity index (χ4n) is 1.20. The average Bonchev–Trinajstić information content (AvgIpc) is 2.52. The second kappa shape index (κ2) is 4.52. The first kappa shape index (κ1) is 8.75. The van der Waals surface area contributed by atoms with Gasteiger partial charge in [0.05, 0.1) is 6.17 Å². The average molecular weight is 154 g/mol. The minimum atomic E-state index is 0.525. The van der Waals surface area contributed by atoms with Gasteiger partial charge in [-0.05, 0) is 19.8 Å². The van der Waals surface area contributed by atoms with Gasteiger partial charge >= 0.3 is 0 Å². The van der Waals surface area contributed by atoms with E-state index in [0.29, 0.717) is 6.17 Å².